The molecule has 1 heterocycles. The lowest BCUT2D eigenvalue weighted by molar-refractivity contribution is -0.137. The number of anilines is 1. The molecule has 0 aliphatic heterocycles. The van der Waals surface area contributed by atoms with E-state index in [1.54, 1.807) is 18.2 Å². The first-order chi connectivity index (χ1) is 18.3. The van der Waals surface area contributed by atoms with Crippen LogP contribution in [0.1, 0.15) is 26.3 Å². The number of hydrogen-bond donors (Lipinski definition) is 3. The van der Waals surface area contributed by atoms with Gasteiger partial charge < -0.3 is 16.8 Å². The number of halogens is 4. The van der Waals surface area contributed by atoms with E-state index < -0.39 is 35.0 Å². The molecule has 0 aliphatic carbocycles. The van der Waals surface area contributed by atoms with Crippen LogP contribution in [0.3, 0.4) is 0 Å². The highest BCUT2D eigenvalue weighted by atomic mass is 35.5. The van der Waals surface area contributed by atoms with Crippen LogP contribution in [0.25, 0.3) is 16.6 Å². The van der Waals surface area contributed by atoms with Crippen LogP contribution in [0.4, 0.5) is 18.9 Å². The van der Waals surface area contributed by atoms with Crippen molar-refractivity contribution >= 4 is 57.7 Å². The first kappa shape index (κ1) is 27.7. The van der Waals surface area contributed by atoms with Gasteiger partial charge in [-0.3, -0.25) is 23.7 Å². The van der Waals surface area contributed by atoms with Crippen molar-refractivity contribution in [1.29, 1.82) is 0 Å². The highest BCUT2D eigenvalue weighted by Crippen LogP contribution is 2.34. The number of hydrogen-bond acceptors (Lipinski definition) is 6. The predicted molar refractivity (Wildman–Crippen MR) is 140 cm³/mol. The molecule has 3 aromatic carbocycles. The molecule has 0 unspecified atom stereocenters. The molecule has 14 heteroatoms. The number of rotatable bonds is 7. The fourth-order valence-electron chi connectivity index (χ4n) is 3.59. The first-order valence-corrected chi connectivity index (χ1v) is 12.3. The molecule has 39 heavy (non-hydrogen) atoms. The molecule has 0 aliphatic rings. The Morgan fingerprint density at radius 1 is 0.974 bits per heavy atom. The van der Waals surface area contributed by atoms with E-state index in [9.17, 15) is 32.3 Å². The average molecular weight is 576 g/mol. The molecule has 5 N–H and O–H groups in total. The van der Waals surface area contributed by atoms with Crippen molar-refractivity contribution in [3.8, 4) is 5.69 Å². The maximum Gasteiger partial charge on any atom is 0.416 e. The van der Waals surface area contributed by atoms with Crippen LogP contribution >= 0.6 is 23.4 Å². The summed E-state index contributed by atoms with van der Waals surface area (Å²) in [6.07, 6.45) is -4.70. The number of nitrogens with zero attached hydrogens (tertiary/aromatic N) is 2. The number of amides is 3. The van der Waals surface area contributed by atoms with Crippen molar-refractivity contribution in [2.24, 2.45) is 11.5 Å². The number of carbonyl (C=O) groups excluding carboxylic acids is 3. The van der Waals surface area contributed by atoms with Gasteiger partial charge in [-0.25, -0.2) is 4.98 Å². The summed E-state index contributed by atoms with van der Waals surface area (Å²) in [6, 6.07) is 12.4. The summed E-state index contributed by atoms with van der Waals surface area (Å²) in [7, 11) is 0. The molecular weight excluding hydrogens is 559 g/mol. The van der Waals surface area contributed by atoms with E-state index in [0.29, 0.717) is 0 Å². The fourth-order valence-corrected chi connectivity index (χ4v) is 4.60. The number of para-hydroxylation sites is 1. The Kier molecular flexibility index (Phi) is 7.65. The third kappa shape index (κ3) is 6.04. The third-order valence-electron chi connectivity index (χ3n) is 5.38. The lowest BCUT2D eigenvalue weighted by atomic mass is 10.1. The second kappa shape index (κ2) is 10.8. The zero-order valence-electron chi connectivity index (χ0n) is 19.6. The van der Waals surface area contributed by atoms with Gasteiger partial charge in [0.05, 0.1) is 32.9 Å². The van der Waals surface area contributed by atoms with Crippen LogP contribution in [-0.4, -0.2) is 33.0 Å². The fraction of sp³-hybridized carbons (Fsp3) is 0.0800. The van der Waals surface area contributed by atoms with Gasteiger partial charge in [0.2, 0.25) is 17.7 Å². The van der Waals surface area contributed by atoms with Crippen LogP contribution in [0.5, 0.6) is 0 Å². The molecule has 4 aromatic rings. The second-order valence-corrected chi connectivity index (χ2v) is 9.43. The van der Waals surface area contributed by atoms with Gasteiger partial charge in [-0.1, -0.05) is 35.5 Å². The number of alkyl halides is 3. The van der Waals surface area contributed by atoms with Gasteiger partial charge in [0, 0.05) is 16.8 Å². The molecule has 0 fully saturated rings. The first-order valence-electron chi connectivity index (χ1n) is 10.9. The number of fused-ring (bicyclic) bond motifs is 1. The Morgan fingerprint density at radius 3 is 2.23 bits per heavy atom. The molecule has 3 amide bonds. The molecule has 0 spiro atoms. The maximum atomic E-state index is 13.4. The minimum absolute atomic E-state index is 0.0514. The summed E-state index contributed by atoms with van der Waals surface area (Å²) in [5, 5.41) is 2.37. The molecule has 0 saturated heterocycles. The molecule has 0 saturated carbocycles. The number of aromatic nitrogens is 2. The topological polar surface area (TPSA) is 150 Å². The zero-order chi connectivity index (χ0) is 28.5. The Morgan fingerprint density at radius 2 is 1.62 bits per heavy atom. The highest BCUT2D eigenvalue weighted by molar-refractivity contribution is 7.99. The molecular formula is C25H17ClF3N5O4S. The van der Waals surface area contributed by atoms with Gasteiger partial charge in [0.25, 0.3) is 5.56 Å². The summed E-state index contributed by atoms with van der Waals surface area (Å²) in [6.45, 7) is 0. The van der Waals surface area contributed by atoms with Gasteiger partial charge in [0.1, 0.15) is 0 Å². The minimum atomic E-state index is -4.70. The van der Waals surface area contributed by atoms with Gasteiger partial charge >= 0.3 is 6.18 Å². The number of nitrogens with two attached hydrogens (primary N) is 2. The van der Waals surface area contributed by atoms with Crippen molar-refractivity contribution in [3.05, 3.63) is 92.7 Å². The SMILES string of the molecule is NC(=O)c1cc(NC(=O)CSc2nc3ccccc3c(=O)n2-c2cc(C(F)(F)F)ccc2Cl)cc(C(N)=O)c1. The largest absolute Gasteiger partial charge is 0.416 e. The van der Waals surface area contributed by atoms with Gasteiger partial charge in [0.15, 0.2) is 5.16 Å². The van der Waals surface area contributed by atoms with Gasteiger partial charge in [-0.2, -0.15) is 13.2 Å². The minimum Gasteiger partial charge on any atom is -0.366 e. The lowest BCUT2D eigenvalue weighted by Crippen LogP contribution is -2.24. The lowest BCUT2D eigenvalue weighted by Gasteiger charge is -2.16. The Hall–Kier alpha value is -4.36. The molecule has 4 rings (SSSR count). The summed E-state index contributed by atoms with van der Waals surface area (Å²) in [4.78, 5) is 53.7. The zero-order valence-corrected chi connectivity index (χ0v) is 21.2. The average Bonchev–Trinajstić information content (AvgIpc) is 2.87. The number of benzene rings is 3. The second-order valence-electron chi connectivity index (χ2n) is 8.08. The summed E-state index contributed by atoms with van der Waals surface area (Å²) < 4.78 is 41.2. The van der Waals surface area contributed by atoms with E-state index in [4.69, 9.17) is 23.1 Å². The van der Waals surface area contributed by atoms with E-state index in [-0.39, 0.29) is 49.3 Å². The summed E-state index contributed by atoms with van der Waals surface area (Å²) in [5.74, 6) is -2.73. The van der Waals surface area contributed by atoms with Crippen molar-refractivity contribution in [3.63, 3.8) is 0 Å². The maximum absolute atomic E-state index is 13.4. The van der Waals surface area contributed by atoms with E-state index in [1.807, 2.05) is 0 Å². The van der Waals surface area contributed by atoms with Crippen molar-refractivity contribution < 1.29 is 27.6 Å². The third-order valence-corrected chi connectivity index (χ3v) is 6.64. The standard InChI is InChI=1S/C25H17ClF3N5O4S/c26-17-6-5-14(25(27,28)29)10-19(17)34-23(38)16-3-1-2-4-18(16)33-24(34)39-11-20(35)32-15-8-12(21(30)36)7-13(9-15)22(31)37/h1-10H,11H2,(H2,30,36)(H2,31,37)(H,32,35). The highest BCUT2D eigenvalue weighted by Gasteiger charge is 2.31. The number of carbonyl (C=O) groups is 3. The Labute approximate surface area is 226 Å². The molecule has 0 radical (unpaired) electrons. The molecule has 1 aromatic heterocycles. The monoisotopic (exact) mass is 575 g/mol. The van der Waals surface area contributed by atoms with E-state index >= 15 is 0 Å². The Balaban J connectivity index is 1.72. The van der Waals surface area contributed by atoms with Crippen molar-refractivity contribution in [2.45, 2.75) is 11.3 Å². The van der Waals surface area contributed by atoms with Crippen LogP contribution in [-0.2, 0) is 11.0 Å². The summed E-state index contributed by atoms with van der Waals surface area (Å²) in [5.41, 5.74) is 8.71. The molecule has 9 nitrogen and oxygen atoms in total. The van der Waals surface area contributed by atoms with E-state index in [0.717, 1.165) is 34.5 Å². The molecule has 0 atom stereocenters. The predicted octanol–water partition coefficient (Wildman–Crippen LogP) is 3.99. The van der Waals surface area contributed by atoms with Gasteiger partial charge in [-0.05, 0) is 48.5 Å². The van der Waals surface area contributed by atoms with E-state index in [1.165, 1.54) is 24.3 Å². The van der Waals surface area contributed by atoms with Crippen molar-refractivity contribution in [2.75, 3.05) is 11.1 Å². The van der Waals surface area contributed by atoms with E-state index in [2.05, 4.69) is 10.3 Å². The van der Waals surface area contributed by atoms with Crippen LogP contribution < -0.4 is 22.3 Å². The molecule has 0 bridgehead atoms. The normalized spacial score (nSPS) is 11.4. The van der Waals surface area contributed by atoms with Gasteiger partial charge in [-0.15, -0.1) is 0 Å². The quantitative estimate of drug-likeness (QED) is 0.224. The number of primary amides is 2. The molecule has 200 valence electrons. The number of nitrogens with one attached hydrogen (secondary N) is 1. The van der Waals surface area contributed by atoms with Crippen molar-refractivity contribution in [1.82, 2.24) is 9.55 Å². The Bertz CT molecular complexity index is 1680. The van der Waals surface area contributed by atoms with Crippen LogP contribution in [0.15, 0.2) is 70.6 Å². The van der Waals surface area contributed by atoms with Crippen LogP contribution in [0, 0.1) is 0 Å². The summed E-state index contributed by atoms with van der Waals surface area (Å²) >= 11 is 6.97. The number of thioether (sulfide) groups is 1. The smallest absolute Gasteiger partial charge is 0.366 e. The van der Waals surface area contributed by atoms with Crippen LogP contribution in [0.2, 0.25) is 5.02 Å².